The number of carbonyl (C=O) groups excluding carboxylic acids is 2. The van der Waals surface area contributed by atoms with E-state index in [1.807, 2.05) is 12.1 Å². The van der Waals surface area contributed by atoms with Crippen LogP contribution in [0.25, 0.3) is 0 Å². The van der Waals surface area contributed by atoms with Crippen molar-refractivity contribution < 1.29 is 9.59 Å². The van der Waals surface area contributed by atoms with Crippen LogP contribution < -0.4 is 5.32 Å². The Morgan fingerprint density at radius 3 is 2.78 bits per heavy atom. The van der Waals surface area contributed by atoms with E-state index in [9.17, 15) is 9.59 Å². The number of amides is 2. The fraction of sp³-hybridized carbons (Fsp3) is 0.312. The highest BCUT2D eigenvalue weighted by atomic mass is 35.5. The van der Waals surface area contributed by atoms with Crippen LogP contribution in [-0.4, -0.2) is 33.0 Å². The zero-order valence-corrected chi connectivity index (χ0v) is 13.5. The second-order valence-corrected chi connectivity index (χ2v) is 6.13. The fourth-order valence-corrected chi connectivity index (χ4v) is 2.77. The molecule has 2 aromatic rings. The van der Waals surface area contributed by atoms with Crippen molar-refractivity contribution in [1.82, 2.24) is 14.7 Å². The molecule has 0 bridgehead atoms. The molecule has 0 radical (unpaired) electrons. The van der Waals surface area contributed by atoms with E-state index in [0.717, 1.165) is 5.56 Å². The van der Waals surface area contributed by atoms with E-state index < -0.39 is 0 Å². The van der Waals surface area contributed by atoms with Crippen molar-refractivity contribution >= 4 is 29.1 Å². The number of aromatic nitrogens is 2. The van der Waals surface area contributed by atoms with Gasteiger partial charge in [-0.3, -0.25) is 14.3 Å². The Bertz CT molecular complexity index is 726. The van der Waals surface area contributed by atoms with Crippen molar-refractivity contribution in [3.8, 4) is 0 Å². The Hall–Kier alpha value is -2.34. The molecular formula is C16H17ClN4O2. The van der Waals surface area contributed by atoms with Crippen LogP contribution in [0.1, 0.15) is 12.0 Å². The molecule has 0 unspecified atom stereocenters. The first-order valence-electron chi connectivity index (χ1n) is 7.33. The third-order valence-electron chi connectivity index (χ3n) is 3.84. The summed E-state index contributed by atoms with van der Waals surface area (Å²) in [5.74, 6) is -0.494. The van der Waals surface area contributed by atoms with Gasteiger partial charge in [-0.2, -0.15) is 5.10 Å². The van der Waals surface area contributed by atoms with Gasteiger partial charge in [0, 0.05) is 37.8 Å². The molecule has 0 spiro atoms. The van der Waals surface area contributed by atoms with E-state index in [4.69, 9.17) is 11.6 Å². The van der Waals surface area contributed by atoms with Gasteiger partial charge in [-0.05, 0) is 17.7 Å². The molecule has 1 aliphatic rings. The lowest BCUT2D eigenvalue weighted by atomic mass is 10.1. The van der Waals surface area contributed by atoms with Crippen molar-refractivity contribution in [2.24, 2.45) is 13.0 Å². The average Bonchev–Trinajstić information content (AvgIpc) is 3.08. The zero-order valence-electron chi connectivity index (χ0n) is 12.7. The van der Waals surface area contributed by atoms with Gasteiger partial charge in [0.1, 0.15) is 0 Å². The molecule has 1 aromatic heterocycles. The van der Waals surface area contributed by atoms with Crippen LogP contribution >= 0.6 is 11.6 Å². The number of rotatable bonds is 4. The number of anilines is 1. The normalized spacial score (nSPS) is 17.6. The number of likely N-dealkylation sites (tertiary alicyclic amines) is 1. The molecule has 1 N–H and O–H groups in total. The molecule has 3 rings (SSSR count). The number of nitrogens with one attached hydrogen (secondary N) is 1. The minimum atomic E-state index is -0.338. The van der Waals surface area contributed by atoms with Gasteiger partial charge in [0.15, 0.2) is 0 Å². The summed E-state index contributed by atoms with van der Waals surface area (Å²) in [6.45, 7) is 0.917. The lowest BCUT2D eigenvalue weighted by Crippen LogP contribution is -2.27. The van der Waals surface area contributed by atoms with Gasteiger partial charge in [0.2, 0.25) is 11.8 Å². The first-order valence-corrected chi connectivity index (χ1v) is 7.71. The number of hydrogen-bond donors (Lipinski definition) is 1. The lowest BCUT2D eigenvalue weighted by Gasteiger charge is -2.16. The average molecular weight is 333 g/mol. The third kappa shape index (κ3) is 3.71. The quantitative estimate of drug-likeness (QED) is 0.932. The summed E-state index contributed by atoms with van der Waals surface area (Å²) in [5, 5.41) is 7.46. The second-order valence-electron chi connectivity index (χ2n) is 5.69. The Morgan fingerprint density at radius 1 is 1.39 bits per heavy atom. The molecular weight excluding hydrogens is 316 g/mol. The number of halogens is 1. The molecule has 1 atom stereocenters. The van der Waals surface area contributed by atoms with E-state index in [1.165, 1.54) is 0 Å². The topological polar surface area (TPSA) is 67.2 Å². The lowest BCUT2D eigenvalue weighted by molar-refractivity contribution is -0.128. The van der Waals surface area contributed by atoms with Crippen LogP contribution in [0.2, 0.25) is 5.02 Å². The maximum absolute atomic E-state index is 12.3. The summed E-state index contributed by atoms with van der Waals surface area (Å²) >= 11 is 5.86. The van der Waals surface area contributed by atoms with Crippen molar-refractivity contribution in [3.63, 3.8) is 0 Å². The van der Waals surface area contributed by atoms with E-state index in [-0.39, 0.29) is 24.2 Å². The smallest absolute Gasteiger partial charge is 0.229 e. The number of nitrogens with zero attached hydrogens (tertiary/aromatic N) is 3. The van der Waals surface area contributed by atoms with Gasteiger partial charge in [0.25, 0.3) is 0 Å². The second kappa shape index (κ2) is 6.42. The molecule has 0 saturated carbocycles. The van der Waals surface area contributed by atoms with Crippen LogP contribution in [0.3, 0.4) is 0 Å². The summed E-state index contributed by atoms with van der Waals surface area (Å²) in [6, 6.07) is 7.37. The Kier molecular flexibility index (Phi) is 4.34. The minimum absolute atomic E-state index is 0.00807. The van der Waals surface area contributed by atoms with Crippen molar-refractivity contribution in [3.05, 3.63) is 47.2 Å². The highest BCUT2D eigenvalue weighted by Gasteiger charge is 2.34. The summed E-state index contributed by atoms with van der Waals surface area (Å²) in [4.78, 5) is 26.1. The predicted octanol–water partition coefficient (Wildman–Crippen LogP) is 2.06. The molecule has 23 heavy (non-hydrogen) atoms. The monoisotopic (exact) mass is 332 g/mol. The summed E-state index contributed by atoms with van der Waals surface area (Å²) in [5.41, 5.74) is 1.64. The Morgan fingerprint density at radius 2 is 2.13 bits per heavy atom. The van der Waals surface area contributed by atoms with Crippen LogP contribution in [-0.2, 0) is 23.2 Å². The molecule has 2 heterocycles. The summed E-state index contributed by atoms with van der Waals surface area (Å²) < 4.78 is 1.61. The summed E-state index contributed by atoms with van der Waals surface area (Å²) in [7, 11) is 1.78. The Balaban J connectivity index is 1.60. The molecule has 2 amide bonds. The number of hydrogen-bond acceptors (Lipinski definition) is 3. The van der Waals surface area contributed by atoms with Gasteiger partial charge in [-0.15, -0.1) is 0 Å². The van der Waals surface area contributed by atoms with Gasteiger partial charge in [0.05, 0.1) is 17.8 Å². The highest BCUT2D eigenvalue weighted by Crippen LogP contribution is 2.22. The molecule has 6 nitrogen and oxygen atoms in total. The molecule has 7 heteroatoms. The van der Waals surface area contributed by atoms with Crippen molar-refractivity contribution in [2.75, 3.05) is 11.9 Å². The van der Waals surface area contributed by atoms with Crippen LogP contribution in [0.15, 0.2) is 36.7 Å². The maximum atomic E-state index is 12.3. The molecule has 0 aliphatic carbocycles. The van der Waals surface area contributed by atoms with Crippen LogP contribution in [0.4, 0.5) is 5.69 Å². The van der Waals surface area contributed by atoms with E-state index in [2.05, 4.69) is 10.4 Å². The highest BCUT2D eigenvalue weighted by molar-refractivity contribution is 6.30. The van der Waals surface area contributed by atoms with Gasteiger partial charge in [-0.1, -0.05) is 23.7 Å². The van der Waals surface area contributed by atoms with Gasteiger partial charge < -0.3 is 10.2 Å². The van der Waals surface area contributed by atoms with Gasteiger partial charge >= 0.3 is 0 Å². The largest absolute Gasteiger partial charge is 0.338 e. The fourth-order valence-electron chi connectivity index (χ4n) is 2.64. The van der Waals surface area contributed by atoms with Crippen molar-refractivity contribution in [2.45, 2.75) is 13.0 Å². The summed E-state index contributed by atoms with van der Waals surface area (Å²) in [6.07, 6.45) is 3.54. The number of aryl methyl sites for hydroxylation is 1. The predicted molar refractivity (Wildman–Crippen MR) is 86.8 cm³/mol. The molecule has 1 aromatic carbocycles. The first kappa shape index (κ1) is 15.6. The molecule has 1 aliphatic heterocycles. The van der Waals surface area contributed by atoms with E-state index in [0.29, 0.717) is 23.8 Å². The maximum Gasteiger partial charge on any atom is 0.229 e. The van der Waals surface area contributed by atoms with E-state index >= 15 is 0 Å². The molecule has 120 valence electrons. The van der Waals surface area contributed by atoms with E-state index in [1.54, 1.807) is 41.2 Å². The van der Waals surface area contributed by atoms with Crippen molar-refractivity contribution in [1.29, 1.82) is 0 Å². The molecule has 1 saturated heterocycles. The van der Waals surface area contributed by atoms with Gasteiger partial charge in [-0.25, -0.2) is 0 Å². The minimum Gasteiger partial charge on any atom is -0.338 e. The third-order valence-corrected chi connectivity index (χ3v) is 4.10. The molecule has 1 fully saturated rings. The SMILES string of the molecule is Cn1cc(NC(=O)[C@@H]2CC(=O)N(Cc3ccc(Cl)cc3)C2)cn1. The Labute approximate surface area is 139 Å². The number of benzene rings is 1. The first-order chi connectivity index (χ1) is 11.0. The standard InChI is InChI=1S/C16H17ClN4O2/c1-20-10-14(7-18-20)19-16(23)12-6-15(22)21(9-12)8-11-2-4-13(17)5-3-11/h2-5,7,10,12H,6,8-9H2,1H3,(H,19,23)/t12-/m1/s1. The zero-order chi connectivity index (χ0) is 16.4. The van der Waals surface area contributed by atoms with Crippen LogP contribution in [0.5, 0.6) is 0 Å². The number of carbonyl (C=O) groups is 2. The van der Waals surface area contributed by atoms with Crippen LogP contribution in [0, 0.1) is 5.92 Å².